The van der Waals surface area contributed by atoms with Gasteiger partial charge in [-0.2, -0.15) is 0 Å². The van der Waals surface area contributed by atoms with Crippen LogP contribution in [0, 0.1) is 0 Å². The minimum absolute atomic E-state index is 0.157. The monoisotopic (exact) mass is 272 g/mol. The van der Waals surface area contributed by atoms with Gasteiger partial charge in [0.05, 0.1) is 13.2 Å². The van der Waals surface area contributed by atoms with E-state index in [9.17, 15) is 10.2 Å². The van der Waals surface area contributed by atoms with Crippen LogP contribution in [0.4, 0.5) is 0 Å². The average molecular weight is 272 g/mol. The lowest BCUT2D eigenvalue weighted by atomic mass is 9.94. The van der Waals surface area contributed by atoms with Gasteiger partial charge in [-0.15, -0.1) is 0 Å². The van der Waals surface area contributed by atoms with Crippen molar-refractivity contribution in [3.05, 3.63) is 53.6 Å². The first kappa shape index (κ1) is 12.8. The van der Waals surface area contributed by atoms with E-state index in [1.54, 1.807) is 25.3 Å². The fourth-order valence-corrected chi connectivity index (χ4v) is 2.48. The zero-order chi connectivity index (χ0) is 14.1. The molecule has 2 N–H and O–H groups in total. The molecule has 0 fully saturated rings. The molecule has 1 aliphatic heterocycles. The van der Waals surface area contributed by atoms with Gasteiger partial charge in [-0.05, 0) is 29.3 Å². The largest absolute Gasteiger partial charge is 0.508 e. The first-order valence-corrected chi connectivity index (χ1v) is 6.48. The van der Waals surface area contributed by atoms with Crippen molar-refractivity contribution in [3.8, 4) is 17.2 Å². The van der Waals surface area contributed by atoms with Gasteiger partial charge < -0.3 is 19.7 Å². The predicted molar refractivity (Wildman–Crippen MR) is 74.2 cm³/mol. The maximum Gasteiger partial charge on any atom is 0.150 e. The molecule has 1 aliphatic rings. The van der Waals surface area contributed by atoms with E-state index in [1.165, 1.54) is 0 Å². The van der Waals surface area contributed by atoms with Gasteiger partial charge in [-0.3, -0.25) is 0 Å². The Bertz CT molecular complexity index is 624. The van der Waals surface area contributed by atoms with Crippen molar-refractivity contribution in [1.29, 1.82) is 0 Å². The number of methoxy groups -OCH3 is 1. The molecule has 0 radical (unpaired) electrons. The lowest BCUT2D eigenvalue weighted by Crippen LogP contribution is -2.30. The van der Waals surface area contributed by atoms with Gasteiger partial charge in [0.2, 0.25) is 0 Å². The Kier molecular flexibility index (Phi) is 3.24. The second-order valence-electron chi connectivity index (χ2n) is 4.88. The third kappa shape index (κ3) is 2.30. The number of aromatic hydroxyl groups is 1. The van der Waals surface area contributed by atoms with E-state index in [1.807, 2.05) is 24.3 Å². The van der Waals surface area contributed by atoms with Gasteiger partial charge >= 0.3 is 0 Å². The topological polar surface area (TPSA) is 58.9 Å². The standard InChI is InChI=1S/C16H16O4/c1-19-13-4-2-3-11(7-13)16-14(18)8-10-5-6-12(17)9-15(10)20-16/h2-7,9,14,16-18H,8H2,1H3/t14-,16-/m0/s1. The lowest BCUT2D eigenvalue weighted by molar-refractivity contribution is 0.0205. The molecule has 0 spiro atoms. The molecular formula is C16H16O4. The van der Waals surface area contributed by atoms with E-state index in [0.29, 0.717) is 12.2 Å². The molecule has 0 saturated carbocycles. The summed E-state index contributed by atoms with van der Waals surface area (Å²) in [6.07, 6.45) is -0.587. The van der Waals surface area contributed by atoms with Gasteiger partial charge in [0.15, 0.2) is 0 Å². The molecule has 3 rings (SSSR count). The third-order valence-corrected chi connectivity index (χ3v) is 3.51. The van der Waals surface area contributed by atoms with E-state index < -0.39 is 12.2 Å². The highest BCUT2D eigenvalue weighted by atomic mass is 16.5. The van der Waals surface area contributed by atoms with Gasteiger partial charge in [0.1, 0.15) is 23.4 Å². The number of phenolic OH excluding ortho intramolecular Hbond substituents is 1. The molecule has 2 aromatic rings. The van der Waals surface area contributed by atoms with Crippen molar-refractivity contribution in [3.63, 3.8) is 0 Å². The highest BCUT2D eigenvalue weighted by molar-refractivity contribution is 5.43. The van der Waals surface area contributed by atoms with Crippen molar-refractivity contribution in [1.82, 2.24) is 0 Å². The second kappa shape index (κ2) is 5.06. The Morgan fingerprint density at radius 3 is 2.85 bits per heavy atom. The molecular weight excluding hydrogens is 256 g/mol. The Hall–Kier alpha value is -2.20. The zero-order valence-corrected chi connectivity index (χ0v) is 11.1. The average Bonchev–Trinajstić information content (AvgIpc) is 2.47. The highest BCUT2D eigenvalue weighted by Gasteiger charge is 2.30. The zero-order valence-electron chi connectivity index (χ0n) is 11.1. The third-order valence-electron chi connectivity index (χ3n) is 3.51. The molecule has 0 saturated heterocycles. The van der Waals surface area contributed by atoms with Crippen LogP contribution >= 0.6 is 0 Å². The number of rotatable bonds is 2. The SMILES string of the molecule is COc1cccc([C@@H]2Oc3cc(O)ccc3C[C@@H]2O)c1. The summed E-state index contributed by atoms with van der Waals surface area (Å²) >= 11 is 0. The van der Waals surface area contributed by atoms with E-state index in [-0.39, 0.29) is 5.75 Å². The molecule has 0 aromatic heterocycles. The van der Waals surface area contributed by atoms with Crippen LogP contribution in [-0.4, -0.2) is 23.4 Å². The molecule has 4 nitrogen and oxygen atoms in total. The highest BCUT2D eigenvalue weighted by Crippen LogP contribution is 2.37. The van der Waals surface area contributed by atoms with E-state index in [0.717, 1.165) is 16.9 Å². The summed E-state index contributed by atoms with van der Waals surface area (Å²) in [6.45, 7) is 0. The number of benzene rings is 2. The minimum atomic E-state index is -0.626. The molecule has 2 aromatic carbocycles. The molecule has 104 valence electrons. The summed E-state index contributed by atoms with van der Waals surface area (Å²) in [5.74, 6) is 1.49. The van der Waals surface area contributed by atoms with Gasteiger partial charge in [0.25, 0.3) is 0 Å². The lowest BCUT2D eigenvalue weighted by Gasteiger charge is -2.31. The van der Waals surface area contributed by atoms with Gasteiger partial charge in [-0.25, -0.2) is 0 Å². The van der Waals surface area contributed by atoms with Crippen LogP contribution in [-0.2, 0) is 6.42 Å². The molecule has 0 aliphatic carbocycles. The molecule has 2 atom stereocenters. The molecule has 0 unspecified atom stereocenters. The predicted octanol–water partition coefficient (Wildman–Crippen LogP) is 2.44. The van der Waals surface area contributed by atoms with Crippen molar-refractivity contribution in [2.24, 2.45) is 0 Å². The Morgan fingerprint density at radius 2 is 2.05 bits per heavy atom. The van der Waals surface area contributed by atoms with Crippen molar-refractivity contribution >= 4 is 0 Å². The number of fused-ring (bicyclic) bond motifs is 1. The number of aliphatic hydroxyl groups excluding tert-OH is 1. The Labute approximate surface area is 117 Å². The van der Waals surface area contributed by atoms with Crippen molar-refractivity contribution < 1.29 is 19.7 Å². The van der Waals surface area contributed by atoms with Crippen LogP contribution in [0.5, 0.6) is 17.2 Å². The second-order valence-corrected chi connectivity index (χ2v) is 4.88. The quantitative estimate of drug-likeness (QED) is 0.881. The molecule has 0 bridgehead atoms. The van der Waals surface area contributed by atoms with Crippen LogP contribution in [0.3, 0.4) is 0 Å². The van der Waals surface area contributed by atoms with E-state index in [4.69, 9.17) is 9.47 Å². The molecule has 20 heavy (non-hydrogen) atoms. The Morgan fingerprint density at radius 1 is 1.20 bits per heavy atom. The normalized spacial score (nSPS) is 20.9. The molecule has 4 heteroatoms. The summed E-state index contributed by atoms with van der Waals surface area (Å²) in [7, 11) is 1.60. The number of phenols is 1. The number of hydrogen-bond donors (Lipinski definition) is 2. The fraction of sp³-hybridized carbons (Fsp3) is 0.250. The first-order valence-electron chi connectivity index (χ1n) is 6.48. The minimum Gasteiger partial charge on any atom is -0.508 e. The van der Waals surface area contributed by atoms with E-state index in [2.05, 4.69) is 0 Å². The summed E-state index contributed by atoms with van der Waals surface area (Å²) in [5.41, 5.74) is 1.75. The maximum atomic E-state index is 10.3. The van der Waals surface area contributed by atoms with Crippen LogP contribution in [0.1, 0.15) is 17.2 Å². The molecule has 0 amide bonds. The van der Waals surface area contributed by atoms with Crippen LogP contribution in [0.15, 0.2) is 42.5 Å². The van der Waals surface area contributed by atoms with Crippen LogP contribution in [0.25, 0.3) is 0 Å². The number of aliphatic hydroxyl groups is 1. The maximum absolute atomic E-state index is 10.3. The van der Waals surface area contributed by atoms with Gasteiger partial charge in [0, 0.05) is 12.5 Å². The first-order chi connectivity index (χ1) is 9.67. The van der Waals surface area contributed by atoms with Crippen LogP contribution in [0.2, 0.25) is 0 Å². The van der Waals surface area contributed by atoms with Crippen LogP contribution < -0.4 is 9.47 Å². The van der Waals surface area contributed by atoms with Gasteiger partial charge in [-0.1, -0.05) is 18.2 Å². The fourth-order valence-electron chi connectivity index (χ4n) is 2.48. The van der Waals surface area contributed by atoms with Crippen molar-refractivity contribution in [2.75, 3.05) is 7.11 Å². The summed E-state index contributed by atoms with van der Waals surface area (Å²) in [5, 5.41) is 19.8. The summed E-state index contributed by atoms with van der Waals surface area (Å²) in [6, 6.07) is 12.4. The Balaban J connectivity index is 1.94. The summed E-state index contributed by atoms with van der Waals surface area (Å²) < 4.78 is 11.0. The smallest absolute Gasteiger partial charge is 0.150 e. The molecule has 1 heterocycles. The summed E-state index contributed by atoms with van der Waals surface area (Å²) in [4.78, 5) is 0. The van der Waals surface area contributed by atoms with Crippen molar-refractivity contribution in [2.45, 2.75) is 18.6 Å². The number of ether oxygens (including phenoxy) is 2. The number of hydrogen-bond acceptors (Lipinski definition) is 4. The van der Waals surface area contributed by atoms with E-state index >= 15 is 0 Å².